The molecular weight excluding hydrogens is 244 g/mol. The topological polar surface area (TPSA) is 61.8 Å². The number of aliphatic hydroxyl groups excluding tert-OH is 1. The van der Waals surface area contributed by atoms with Crippen LogP contribution in [0, 0.1) is 11.8 Å². The number of rotatable bonds is 2. The van der Waals surface area contributed by atoms with Gasteiger partial charge < -0.3 is 20.1 Å². The maximum Gasteiger partial charge on any atom is 0.410 e. The van der Waals surface area contributed by atoms with Crippen molar-refractivity contribution in [2.45, 2.75) is 45.3 Å². The Hall–Kier alpha value is -0.810. The number of amides is 1. The Balaban J connectivity index is 2.06. The molecule has 3 atom stereocenters. The van der Waals surface area contributed by atoms with E-state index in [9.17, 15) is 9.90 Å². The summed E-state index contributed by atoms with van der Waals surface area (Å²) in [5.74, 6) is 0.908. The summed E-state index contributed by atoms with van der Waals surface area (Å²) in [6.45, 7) is 8.43. The lowest BCUT2D eigenvalue weighted by Crippen LogP contribution is -2.49. The second kappa shape index (κ2) is 5.67. The van der Waals surface area contributed by atoms with Gasteiger partial charge in [0, 0.05) is 19.7 Å². The van der Waals surface area contributed by atoms with Crippen molar-refractivity contribution in [3.63, 3.8) is 0 Å². The third kappa shape index (κ3) is 3.39. The summed E-state index contributed by atoms with van der Waals surface area (Å²) in [6, 6.07) is 0.222. The predicted molar refractivity (Wildman–Crippen MR) is 72.9 cm³/mol. The van der Waals surface area contributed by atoms with Crippen LogP contribution in [-0.4, -0.2) is 54.0 Å². The van der Waals surface area contributed by atoms with E-state index in [1.54, 1.807) is 0 Å². The molecule has 5 heteroatoms. The van der Waals surface area contributed by atoms with Gasteiger partial charge in [-0.15, -0.1) is 0 Å². The average Bonchev–Trinajstić information content (AvgIpc) is 2.67. The van der Waals surface area contributed by atoms with Crippen molar-refractivity contribution in [3.8, 4) is 0 Å². The number of carbonyl (C=O) groups is 1. The lowest BCUT2D eigenvalue weighted by atomic mass is 9.84. The molecule has 0 bridgehead atoms. The maximum absolute atomic E-state index is 12.3. The number of aliphatic hydroxyl groups is 1. The molecule has 2 rings (SSSR count). The van der Waals surface area contributed by atoms with Gasteiger partial charge in [0.2, 0.25) is 0 Å². The van der Waals surface area contributed by atoms with E-state index in [0.29, 0.717) is 18.4 Å². The van der Waals surface area contributed by atoms with Crippen LogP contribution in [0.1, 0.15) is 33.6 Å². The fourth-order valence-electron chi connectivity index (χ4n) is 3.28. The van der Waals surface area contributed by atoms with Gasteiger partial charge in [0.05, 0.1) is 6.04 Å². The first kappa shape index (κ1) is 14.6. The highest BCUT2D eigenvalue weighted by Crippen LogP contribution is 2.36. The number of nitrogens with one attached hydrogen (secondary N) is 1. The molecule has 5 nitrogen and oxygen atoms in total. The van der Waals surface area contributed by atoms with Gasteiger partial charge in [-0.25, -0.2) is 4.79 Å². The van der Waals surface area contributed by atoms with Crippen molar-refractivity contribution >= 4 is 6.09 Å². The maximum atomic E-state index is 12.3. The van der Waals surface area contributed by atoms with Crippen LogP contribution in [0.25, 0.3) is 0 Å². The van der Waals surface area contributed by atoms with Crippen LogP contribution in [0.3, 0.4) is 0 Å². The zero-order valence-electron chi connectivity index (χ0n) is 12.2. The molecule has 0 aliphatic carbocycles. The van der Waals surface area contributed by atoms with Crippen molar-refractivity contribution in [1.29, 1.82) is 0 Å². The quantitative estimate of drug-likeness (QED) is 0.792. The normalized spacial score (nSPS) is 31.2. The smallest absolute Gasteiger partial charge is 0.410 e. The molecule has 2 N–H and O–H groups in total. The van der Waals surface area contributed by atoms with E-state index in [1.165, 1.54) is 0 Å². The van der Waals surface area contributed by atoms with Crippen molar-refractivity contribution in [3.05, 3.63) is 0 Å². The largest absolute Gasteiger partial charge is 0.444 e. The Morgan fingerprint density at radius 1 is 1.47 bits per heavy atom. The first-order valence-electron chi connectivity index (χ1n) is 7.23. The summed E-state index contributed by atoms with van der Waals surface area (Å²) in [5, 5.41) is 12.5. The second-order valence-corrected chi connectivity index (χ2v) is 6.63. The number of carbonyl (C=O) groups excluding carboxylic acids is 1. The molecule has 2 aliphatic heterocycles. The molecule has 0 radical (unpaired) electrons. The Bertz CT molecular complexity index is 327. The van der Waals surface area contributed by atoms with E-state index >= 15 is 0 Å². The van der Waals surface area contributed by atoms with Crippen LogP contribution < -0.4 is 5.32 Å². The predicted octanol–water partition coefficient (Wildman–Crippen LogP) is 1.21. The summed E-state index contributed by atoms with van der Waals surface area (Å²) in [6.07, 6.45) is 1.64. The molecule has 0 saturated carbocycles. The molecule has 19 heavy (non-hydrogen) atoms. The molecule has 2 saturated heterocycles. The molecule has 2 aliphatic rings. The summed E-state index contributed by atoms with van der Waals surface area (Å²) >= 11 is 0. The van der Waals surface area contributed by atoms with E-state index in [2.05, 4.69) is 5.32 Å². The number of likely N-dealkylation sites (tertiary alicyclic amines) is 1. The van der Waals surface area contributed by atoms with Crippen molar-refractivity contribution < 1.29 is 14.6 Å². The summed E-state index contributed by atoms with van der Waals surface area (Å²) in [4.78, 5) is 14.1. The molecule has 0 aromatic rings. The minimum atomic E-state index is -0.455. The summed E-state index contributed by atoms with van der Waals surface area (Å²) in [7, 11) is 0. The Kier molecular flexibility index (Phi) is 4.36. The number of hydrogen-bond acceptors (Lipinski definition) is 4. The van der Waals surface area contributed by atoms with E-state index in [4.69, 9.17) is 4.74 Å². The van der Waals surface area contributed by atoms with Gasteiger partial charge in [-0.3, -0.25) is 0 Å². The molecule has 2 fully saturated rings. The molecule has 2 heterocycles. The molecular formula is C14H26N2O3. The highest BCUT2D eigenvalue weighted by Gasteiger charge is 2.45. The monoisotopic (exact) mass is 270 g/mol. The second-order valence-electron chi connectivity index (χ2n) is 6.63. The van der Waals surface area contributed by atoms with E-state index < -0.39 is 5.60 Å². The van der Waals surface area contributed by atoms with Gasteiger partial charge in [0.1, 0.15) is 5.60 Å². The Labute approximate surface area is 115 Å². The minimum absolute atomic E-state index is 0.198. The van der Waals surface area contributed by atoms with Gasteiger partial charge in [-0.05, 0) is 52.0 Å². The zero-order valence-corrected chi connectivity index (χ0v) is 12.2. The fraction of sp³-hybridized carbons (Fsp3) is 0.929. The SMILES string of the molecule is CC(C)(C)OC(=O)N1CC(CCO)C2CCNCC21. The molecule has 0 spiro atoms. The average molecular weight is 270 g/mol. The summed E-state index contributed by atoms with van der Waals surface area (Å²) < 4.78 is 5.49. The minimum Gasteiger partial charge on any atom is -0.444 e. The number of nitrogens with zero attached hydrogens (tertiary/aromatic N) is 1. The first-order valence-corrected chi connectivity index (χ1v) is 7.23. The zero-order chi connectivity index (χ0) is 14.0. The lowest BCUT2D eigenvalue weighted by molar-refractivity contribution is 0.0194. The van der Waals surface area contributed by atoms with Crippen LogP contribution >= 0.6 is 0 Å². The molecule has 1 amide bonds. The van der Waals surface area contributed by atoms with Gasteiger partial charge in [0.15, 0.2) is 0 Å². The van der Waals surface area contributed by atoms with E-state index in [-0.39, 0.29) is 18.7 Å². The number of piperidine rings is 1. The van der Waals surface area contributed by atoms with Crippen molar-refractivity contribution in [1.82, 2.24) is 10.2 Å². The van der Waals surface area contributed by atoms with Gasteiger partial charge in [0.25, 0.3) is 0 Å². The standard InChI is InChI=1S/C14H26N2O3/c1-14(2,3)19-13(18)16-9-10(5-7-17)11-4-6-15-8-12(11)16/h10-12,15,17H,4-9H2,1-3H3. The highest BCUT2D eigenvalue weighted by molar-refractivity contribution is 5.69. The third-order valence-electron chi connectivity index (χ3n) is 4.07. The molecule has 110 valence electrons. The van der Waals surface area contributed by atoms with Crippen LogP contribution in [0.5, 0.6) is 0 Å². The Morgan fingerprint density at radius 3 is 2.84 bits per heavy atom. The number of ether oxygens (including phenoxy) is 1. The van der Waals surface area contributed by atoms with Gasteiger partial charge in [-0.2, -0.15) is 0 Å². The van der Waals surface area contributed by atoms with Crippen molar-refractivity contribution in [2.24, 2.45) is 11.8 Å². The number of hydrogen-bond donors (Lipinski definition) is 2. The third-order valence-corrected chi connectivity index (χ3v) is 4.07. The van der Waals surface area contributed by atoms with Gasteiger partial charge >= 0.3 is 6.09 Å². The first-order chi connectivity index (χ1) is 8.92. The highest BCUT2D eigenvalue weighted by atomic mass is 16.6. The van der Waals surface area contributed by atoms with Crippen molar-refractivity contribution in [2.75, 3.05) is 26.2 Å². The fourth-order valence-corrected chi connectivity index (χ4v) is 3.28. The summed E-state index contributed by atoms with van der Waals surface area (Å²) in [5.41, 5.74) is -0.455. The van der Waals surface area contributed by atoms with E-state index in [0.717, 1.165) is 25.9 Å². The molecule has 0 aromatic heterocycles. The van der Waals surface area contributed by atoms with E-state index in [1.807, 2.05) is 25.7 Å². The number of fused-ring (bicyclic) bond motifs is 1. The van der Waals surface area contributed by atoms with Crippen LogP contribution in [-0.2, 0) is 4.74 Å². The van der Waals surface area contributed by atoms with Crippen LogP contribution in [0.4, 0.5) is 4.79 Å². The molecule has 3 unspecified atom stereocenters. The van der Waals surface area contributed by atoms with Gasteiger partial charge in [-0.1, -0.05) is 0 Å². The Morgan fingerprint density at radius 2 is 2.21 bits per heavy atom. The van der Waals surface area contributed by atoms with Crippen LogP contribution in [0.15, 0.2) is 0 Å². The van der Waals surface area contributed by atoms with Crippen LogP contribution in [0.2, 0.25) is 0 Å². The molecule has 0 aromatic carbocycles. The lowest BCUT2D eigenvalue weighted by Gasteiger charge is -2.33.